The summed E-state index contributed by atoms with van der Waals surface area (Å²) in [5, 5.41) is 0. The van der Waals surface area contributed by atoms with Crippen LogP contribution in [0.2, 0.25) is 0 Å². The number of anilines is 1. The minimum absolute atomic E-state index is 0.0859. The lowest BCUT2D eigenvalue weighted by Gasteiger charge is -2.14. The molecule has 0 saturated carbocycles. The standard InChI is InChI=1S/C22H16F3N3O4S/c23-22(24,25)15-3-1-4-16(13-15)27-33(31,32)17-8-6-14(7-9-17)10-12-28-20(29)18-5-2-11-26-19(18)21(28)30/h1-9,11,13,27H,10,12H2. The molecule has 0 fully saturated rings. The number of hydrogen-bond donors (Lipinski definition) is 1. The second kappa shape index (κ2) is 8.32. The number of fused-ring (bicyclic) bond motifs is 1. The van der Waals surface area contributed by atoms with Crippen molar-refractivity contribution in [3.8, 4) is 0 Å². The van der Waals surface area contributed by atoms with E-state index in [-0.39, 0.29) is 34.8 Å². The highest BCUT2D eigenvalue weighted by Gasteiger charge is 2.36. The minimum atomic E-state index is -4.60. The molecule has 4 rings (SSSR count). The second-order valence-electron chi connectivity index (χ2n) is 7.24. The predicted octanol–water partition coefficient (Wildman–Crippen LogP) is 3.74. The molecule has 1 N–H and O–H groups in total. The van der Waals surface area contributed by atoms with Crippen LogP contribution in [0.3, 0.4) is 0 Å². The van der Waals surface area contributed by atoms with Crippen LogP contribution in [0.1, 0.15) is 32.0 Å². The van der Waals surface area contributed by atoms with Crippen molar-refractivity contribution in [2.45, 2.75) is 17.5 Å². The number of nitrogens with one attached hydrogen (secondary N) is 1. The van der Waals surface area contributed by atoms with E-state index in [0.717, 1.165) is 17.0 Å². The van der Waals surface area contributed by atoms with Gasteiger partial charge in [0.15, 0.2) is 0 Å². The van der Waals surface area contributed by atoms with Gasteiger partial charge in [-0.1, -0.05) is 18.2 Å². The first kappa shape index (κ1) is 22.5. The summed E-state index contributed by atoms with van der Waals surface area (Å²) in [6.45, 7) is 0.0859. The zero-order chi connectivity index (χ0) is 23.8. The smallest absolute Gasteiger partial charge is 0.280 e. The molecule has 11 heteroatoms. The third-order valence-corrected chi connectivity index (χ3v) is 6.43. The zero-order valence-electron chi connectivity index (χ0n) is 16.8. The molecule has 2 heterocycles. The van der Waals surface area contributed by atoms with Crippen LogP contribution >= 0.6 is 0 Å². The third kappa shape index (κ3) is 4.58. The number of benzene rings is 2. The molecule has 0 bridgehead atoms. The van der Waals surface area contributed by atoms with Crippen molar-refractivity contribution >= 4 is 27.5 Å². The van der Waals surface area contributed by atoms with Crippen molar-refractivity contribution < 1.29 is 31.2 Å². The summed E-state index contributed by atoms with van der Waals surface area (Å²) >= 11 is 0. The van der Waals surface area contributed by atoms with E-state index in [9.17, 15) is 31.2 Å². The first-order valence-electron chi connectivity index (χ1n) is 9.66. The van der Waals surface area contributed by atoms with Crippen LogP contribution in [0.25, 0.3) is 0 Å². The van der Waals surface area contributed by atoms with Gasteiger partial charge in [-0.25, -0.2) is 8.42 Å². The molecule has 3 aromatic rings. The molecular weight excluding hydrogens is 459 g/mol. The maximum atomic E-state index is 12.9. The summed E-state index contributed by atoms with van der Waals surface area (Å²) in [6, 6.07) is 12.6. The number of halogens is 3. The molecule has 2 amide bonds. The summed E-state index contributed by atoms with van der Waals surface area (Å²) in [5.74, 6) is -0.923. The number of hydrogen-bond acceptors (Lipinski definition) is 5. The van der Waals surface area contributed by atoms with E-state index in [0.29, 0.717) is 11.6 Å². The van der Waals surface area contributed by atoms with Crippen LogP contribution in [-0.2, 0) is 22.6 Å². The van der Waals surface area contributed by atoms with Gasteiger partial charge in [0.05, 0.1) is 16.0 Å². The Morgan fingerprint density at radius 2 is 1.67 bits per heavy atom. The number of imide groups is 1. The maximum absolute atomic E-state index is 12.9. The van der Waals surface area contributed by atoms with Gasteiger partial charge in [0.25, 0.3) is 21.8 Å². The number of sulfonamides is 1. The van der Waals surface area contributed by atoms with Gasteiger partial charge in [-0.2, -0.15) is 13.2 Å². The number of nitrogens with zero attached hydrogens (tertiary/aromatic N) is 2. The Kier molecular flexibility index (Phi) is 5.66. The second-order valence-corrected chi connectivity index (χ2v) is 8.92. The molecule has 0 aliphatic carbocycles. The lowest BCUT2D eigenvalue weighted by molar-refractivity contribution is -0.137. The molecule has 33 heavy (non-hydrogen) atoms. The average Bonchev–Trinajstić information content (AvgIpc) is 3.02. The lowest BCUT2D eigenvalue weighted by atomic mass is 10.1. The van der Waals surface area contributed by atoms with Crippen LogP contribution in [-0.4, -0.2) is 36.7 Å². The van der Waals surface area contributed by atoms with Gasteiger partial charge in [0.2, 0.25) is 0 Å². The van der Waals surface area contributed by atoms with Crippen LogP contribution in [0.4, 0.5) is 18.9 Å². The molecule has 7 nitrogen and oxygen atoms in total. The molecule has 1 aliphatic rings. The Hall–Kier alpha value is -3.73. The van der Waals surface area contributed by atoms with Crippen molar-refractivity contribution in [1.82, 2.24) is 9.88 Å². The number of carbonyl (C=O) groups is 2. The van der Waals surface area contributed by atoms with E-state index in [2.05, 4.69) is 9.71 Å². The van der Waals surface area contributed by atoms with E-state index in [4.69, 9.17) is 0 Å². The Morgan fingerprint density at radius 3 is 2.33 bits per heavy atom. The summed E-state index contributed by atoms with van der Waals surface area (Å²) in [6.07, 6.45) is -2.88. The van der Waals surface area contributed by atoms with E-state index in [1.54, 1.807) is 6.07 Å². The Balaban J connectivity index is 1.43. The van der Waals surface area contributed by atoms with E-state index >= 15 is 0 Å². The van der Waals surface area contributed by atoms with Crippen molar-refractivity contribution in [1.29, 1.82) is 0 Å². The molecule has 0 unspecified atom stereocenters. The highest BCUT2D eigenvalue weighted by molar-refractivity contribution is 7.92. The summed E-state index contributed by atoms with van der Waals surface area (Å²) in [4.78, 5) is 29.6. The molecule has 0 spiro atoms. The first-order valence-corrected chi connectivity index (χ1v) is 11.1. The molecular formula is C22H16F3N3O4S. The highest BCUT2D eigenvalue weighted by Crippen LogP contribution is 2.31. The predicted molar refractivity (Wildman–Crippen MR) is 112 cm³/mol. The van der Waals surface area contributed by atoms with E-state index in [1.807, 2.05) is 0 Å². The number of pyridine rings is 1. The number of alkyl halides is 3. The minimum Gasteiger partial charge on any atom is -0.280 e. The van der Waals surface area contributed by atoms with E-state index in [1.165, 1.54) is 42.6 Å². The summed E-state index contributed by atoms with van der Waals surface area (Å²) in [5.41, 5.74) is -0.179. The van der Waals surface area contributed by atoms with Crippen molar-refractivity contribution in [2.24, 2.45) is 0 Å². The molecule has 0 radical (unpaired) electrons. The van der Waals surface area contributed by atoms with Gasteiger partial charge >= 0.3 is 6.18 Å². The maximum Gasteiger partial charge on any atom is 0.416 e. The molecule has 1 aliphatic heterocycles. The molecule has 0 atom stereocenters. The lowest BCUT2D eigenvalue weighted by Crippen LogP contribution is -2.31. The van der Waals surface area contributed by atoms with Crippen LogP contribution in [0.15, 0.2) is 71.8 Å². The number of rotatable bonds is 6. The number of carbonyl (C=O) groups excluding carboxylic acids is 2. The van der Waals surface area contributed by atoms with Crippen LogP contribution < -0.4 is 4.72 Å². The van der Waals surface area contributed by atoms with Gasteiger partial charge in [0.1, 0.15) is 5.69 Å². The largest absolute Gasteiger partial charge is 0.416 e. The van der Waals surface area contributed by atoms with Crippen molar-refractivity contribution in [3.05, 3.63) is 89.2 Å². The fraction of sp³-hybridized carbons (Fsp3) is 0.136. The monoisotopic (exact) mass is 475 g/mol. The van der Waals surface area contributed by atoms with Crippen LogP contribution in [0.5, 0.6) is 0 Å². The Morgan fingerprint density at radius 1 is 0.939 bits per heavy atom. The normalized spacial score (nSPS) is 13.8. The van der Waals surface area contributed by atoms with Gasteiger partial charge in [-0.15, -0.1) is 0 Å². The SMILES string of the molecule is O=C1c2cccnc2C(=O)N1CCc1ccc(S(=O)(=O)Nc2cccc(C(F)(F)F)c2)cc1. The molecule has 170 valence electrons. The van der Waals surface area contributed by atoms with Gasteiger partial charge in [0, 0.05) is 18.4 Å². The quantitative estimate of drug-likeness (QED) is 0.548. The topological polar surface area (TPSA) is 96.4 Å². The van der Waals surface area contributed by atoms with Crippen molar-refractivity contribution in [3.63, 3.8) is 0 Å². The number of amides is 2. The number of aromatic nitrogens is 1. The van der Waals surface area contributed by atoms with Gasteiger partial charge < -0.3 is 0 Å². The van der Waals surface area contributed by atoms with Gasteiger partial charge in [-0.3, -0.25) is 24.2 Å². The summed E-state index contributed by atoms with van der Waals surface area (Å²) in [7, 11) is -4.12. The average molecular weight is 475 g/mol. The van der Waals surface area contributed by atoms with E-state index < -0.39 is 33.6 Å². The highest BCUT2D eigenvalue weighted by atomic mass is 32.2. The third-order valence-electron chi connectivity index (χ3n) is 5.03. The molecule has 1 aromatic heterocycles. The molecule has 0 saturated heterocycles. The van der Waals surface area contributed by atoms with Gasteiger partial charge in [-0.05, 0) is 54.4 Å². The first-order chi connectivity index (χ1) is 15.6. The summed E-state index contributed by atoms with van der Waals surface area (Å²) < 4.78 is 65.8. The van der Waals surface area contributed by atoms with Crippen molar-refractivity contribution in [2.75, 3.05) is 11.3 Å². The molecule has 2 aromatic carbocycles. The fourth-order valence-electron chi connectivity index (χ4n) is 3.37. The fourth-order valence-corrected chi connectivity index (χ4v) is 4.42. The Labute approximate surface area is 186 Å². The van der Waals surface area contributed by atoms with Crippen LogP contribution in [0, 0.1) is 0 Å². The Bertz CT molecular complexity index is 1300. The zero-order valence-corrected chi connectivity index (χ0v) is 17.7.